The topological polar surface area (TPSA) is 111 Å². The predicted octanol–water partition coefficient (Wildman–Crippen LogP) is -0.177. The highest BCUT2D eigenvalue weighted by atomic mass is 32.3. The van der Waals surface area contributed by atoms with Gasteiger partial charge in [0.2, 0.25) is 0 Å². The Hall–Kier alpha value is -0.210. The Morgan fingerprint density at radius 3 is 1.73 bits per heavy atom. The van der Waals surface area contributed by atoms with Gasteiger partial charge in [-0.25, -0.2) is 4.18 Å². The first kappa shape index (κ1) is 17.0. The molecular formula is C4H16N2O4S. The summed E-state index contributed by atoms with van der Waals surface area (Å²) in [5.41, 5.74) is 0. The molecule has 0 unspecified atom stereocenters. The quantitative estimate of drug-likeness (QED) is 0.518. The molecule has 5 N–H and O–H groups in total. The van der Waals surface area contributed by atoms with E-state index in [4.69, 9.17) is 4.55 Å². The molecule has 7 heteroatoms. The molecule has 0 bridgehead atoms. The van der Waals surface area contributed by atoms with Gasteiger partial charge < -0.3 is 11.5 Å². The molecule has 0 aromatic heterocycles. The number of hydrogen-bond acceptors (Lipinski definition) is 5. The van der Waals surface area contributed by atoms with Crippen molar-refractivity contribution in [3.63, 3.8) is 0 Å². The molecule has 0 rings (SSSR count). The normalized spacial score (nSPS) is 9.09. The Balaban J connectivity index is -0.000000140. The van der Waals surface area contributed by atoms with E-state index in [2.05, 4.69) is 9.50 Å². The maximum atomic E-state index is 9.56. The SMILES string of the molecule is CCOS(=O)(=O)O.CNC.N. The fraction of sp³-hybridized carbons (Fsp3) is 1.00. The van der Waals surface area contributed by atoms with Crippen molar-refractivity contribution in [1.29, 1.82) is 0 Å². The third-order valence-electron chi connectivity index (χ3n) is 0.267. The number of hydrogen-bond donors (Lipinski definition) is 3. The van der Waals surface area contributed by atoms with Crippen LogP contribution in [0.3, 0.4) is 0 Å². The van der Waals surface area contributed by atoms with Gasteiger partial charge in [-0.2, -0.15) is 8.42 Å². The van der Waals surface area contributed by atoms with Crippen LogP contribution in [0.5, 0.6) is 0 Å². The first-order valence-electron chi connectivity index (χ1n) is 2.68. The smallest absolute Gasteiger partial charge is 0.344 e. The summed E-state index contributed by atoms with van der Waals surface area (Å²) in [6.07, 6.45) is 0. The van der Waals surface area contributed by atoms with Crippen LogP contribution < -0.4 is 11.5 Å². The van der Waals surface area contributed by atoms with Gasteiger partial charge in [0, 0.05) is 0 Å². The minimum atomic E-state index is -4.17. The van der Waals surface area contributed by atoms with Gasteiger partial charge in [0.05, 0.1) is 6.61 Å². The van der Waals surface area contributed by atoms with Crippen LogP contribution in [0.15, 0.2) is 0 Å². The maximum absolute atomic E-state index is 9.56. The van der Waals surface area contributed by atoms with E-state index in [1.807, 2.05) is 14.1 Å². The summed E-state index contributed by atoms with van der Waals surface area (Å²) < 4.78 is 30.7. The monoisotopic (exact) mass is 188 g/mol. The molecule has 0 spiro atoms. The lowest BCUT2D eigenvalue weighted by Crippen LogP contribution is -2.01. The third kappa shape index (κ3) is 41.4. The zero-order valence-electron chi connectivity index (χ0n) is 6.99. The summed E-state index contributed by atoms with van der Waals surface area (Å²) in [6, 6.07) is 0. The van der Waals surface area contributed by atoms with Crippen molar-refractivity contribution in [2.45, 2.75) is 6.92 Å². The van der Waals surface area contributed by atoms with Gasteiger partial charge in [0.1, 0.15) is 0 Å². The van der Waals surface area contributed by atoms with E-state index in [0.717, 1.165) is 0 Å². The van der Waals surface area contributed by atoms with Crippen molar-refractivity contribution in [2.75, 3.05) is 20.7 Å². The van der Waals surface area contributed by atoms with E-state index in [-0.39, 0.29) is 12.8 Å². The molecule has 0 heterocycles. The van der Waals surface area contributed by atoms with E-state index >= 15 is 0 Å². The molecule has 0 radical (unpaired) electrons. The Kier molecular flexibility index (Phi) is 15.2. The molecule has 11 heavy (non-hydrogen) atoms. The highest BCUT2D eigenvalue weighted by Gasteiger charge is 1.98. The Morgan fingerprint density at radius 1 is 1.45 bits per heavy atom. The van der Waals surface area contributed by atoms with Crippen LogP contribution in [-0.2, 0) is 14.6 Å². The second-order valence-electron chi connectivity index (χ2n) is 1.33. The van der Waals surface area contributed by atoms with E-state index < -0.39 is 10.4 Å². The average molecular weight is 188 g/mol. The molecular weight excluding hydrogens is 172 g/mol. The third-order valence-corrected chi connectivity index (χ3v) is 0.800. The van der Waals surface area contributed by atoms with Gasteiger partial charge in [-0.05, 0) is 21.0 Å². The Bertz CT molecular complexity index is 144. The summed E-state index contributed by atoms with van der Waals surface area (Å²) in [5.74, 6) is 0. The molecule has 0 aliphatic heterocycles. The summed E-state index contributed by atoms with van der Waals surface area (Å²) in [4.78, 5) is 0. The van der Waals surface area contributed by atoms with E-state index in [0.29, 0.717) is 0 Å². The van der Waals surface area contributed by atoms with Crippen molar-refractivity contribution in [3.8, 4) is 0 Å². The van der Waals surface area contributed by atoms with Gasteiger partial charge in [-0.3, -0.25) is 4.55 Å². The minimum absolute atomic E-state index is 0. The van der Waals surface area contributed by atoms with Crippen LogP contribution >= 0.6 is 0 Å². The zero-order valence-corrected chi connectivity index (χ0v) is 7.81. The number of nitrogens with one attached hydrogen (secondary N) is 1. The first-order chi connectivity index (χ1) is 4.47. The van der Waals surface area contributed by atoms with Gasteiger partial charge >= 0.3 is 10.4 Å². The highest BCUT2D eigenvalue weighted by Crippen LogP contribution is 1.81. The second-order valence-corrected chi connectivity index (χ2v) is 2.43. The zero-order chi connectivity index (χ0) is 8.62. The average Bonchev–Trinajstić information content (AvgIpc) is 1.63. The highest BCUT2D eigenvalue weighted by molar-refractivity contribution is 7.80. The molecule has 0 aliphatic carbocycles. The summed E-state index contributed by atoms with van der Waals surface area (Å²) in [6.45, 7) is 1.44. The van der Waals surface area contributed by atoms with E-state index in [9.17, 15) is 8.42 Å². The molecule has 0 fully saturated rings. The van der Waals surface area contributed by atoms with Crippen LogP contribution in [-0.4, -0.2) is 33.7 Å². The van der Waals surface area contributed by atoms with E-state index in [1.54, 1.807) is 0 Å². The minimum Gasteiger partial charge on any atom is -0.344 e. The summed E-state index contributed by atoms with van der Waals surface area (Å²) >= 11 is 0. The van der Waals surface area contributed by atoms with Gasteiger partial charge in [-0.1, -0.05) is 0 Å². The Labute approximate surface area is 67.5 Å². The van der Waals surface area contributed by atoms with Crippen molar-refractivity contribution < 1.29 is 17.2 Å². The summed E-state index contributed by atoms with van der Waals surface area (Å²) in [7, 11) is -0.424. The van der Waals surface area contributed by atoms with Crippen LogP contribution in [0.1, 0.15) is 6.92 Å². The molecule has 72 valence electrons. The second kappa shape index (κ2) is 9.79. The van der Waals surface area contributed by atoms with Crippen LogP contribution in [0, 0.1) is 0 Å². The lowest BCUT2D eigenvalue weighted by atomic mass is 10.9. The molecule has 0 amide bonds. The first-order valence-corrected chi connectivity index (χ1v) is 4.04. The van der Waals surface area contributed by atoms with Gasteiger partial charge in [-0.15, -0.1) is 0 Å². The standard InChI is InChI=1S/C2H7N.C2H6O4S.H3N/c1-3-2;1-2-6-7(3,4)5;/h3H,1-2H3;2H2,1H3,(H,3,4,5);1H3. The van der Waals surface area contributed by atoms with Crippen molar-refractivity contribution in [1.82, 2.24) is 11.5 Å². The fourth-order valence-corrected chi connectivity index (χ4v) is 0.447. The molecule has 0 aromatic carbocycles. The largest absolute Gasteiger partial charge is 0.397 e. The van der Waals surface area contributed by atoms with Gasteiger partial charge in [0.25, 0.3) is 0 Å². The number of rotatable bonds is 2. The van der Waals surface area contributed by atoms with Crippen LogP contribution in [0.2, 0.25) is 0 Å². The van der Waals surface area contributed by atoms with Crippen molar-refractivity contribution in [3.05, 3.63) is 0 Å². The molecule has 0 aromatic rings. The van der Waals surface area contributed by atoms with Gasteiger partial charge in [0.15, 0.2) is 0 Å². The lowest BCUT2D eigenvalue weighted by molar-refractivity contribution is 0.283. The van der Waals surface area contributed by atoms with Crippen LogP contribution in [0.4, 0.5) is 0 Å². The van der Waals surface area contributed by atoms with E-state index in [1.165, 1.54) is 6.92 Å². The summed E-state index contributed by atoms with van der Waals surface area (Å²) in [5, 5.41) is 2.75. The molecule has 6 nitrogen and oxygen atoms in total. The molecule has 0 saturated heterocycles. The molecule has 0 saturated carbocycles. The fourth-order valence-electron chi connectivity index (χ4n) is 0.149. The molecule has 0 aliphatic rings. The maximum Gasteiger partial charge on any atom is 0.397 e. The predicted molar refractivity (Wildman–Crippen MR) is 43.2 cm³/mol. The van der Waals surface area contributed by atoms with Crippen molar-refractivity contribution in [2.24, 2.45) is 0 Å². The molecule has 0 atom stereocenters. The lowest BCUT2D eigenvalue weighted by Gasteiger charge is -1.88. The Morgan fingerprint density at radius 2 is 1.73 bits per heavy atom. The van der Waals surface area contributed by atoms with Crippen LogP contribution in [0.25, 0.3) is 0 Å². The van der Waals surface area contributed by atoms with Crippen molar-refractivity contribution >= 4 is 10.4 Å².